The van der Waals surface area contributed by atoms with Crippen LogP contribution in [0, 0.1) is 0 Å². The van der Waals surface area contributed by atoms with Crippen molar-refractivity contribution in [3.05, 3.63) is 27.1 Å². The average Bonchev–Trinajstić information content (AvgIpc) is 2.72. The van der Waals surface area contributed by atoms with E-state index in [9.17, 15) is 14.7 Å². The first-order chi connectivity index (χ1) is 8.89. The second-order valence-corrected chi connectivity index (χ2v) is 6.00. The van der Waals surface area contributed by atoms with Crippen LogP contribution in [0.3, 0.4) is 0 Å². The Morgan fingerprint density at radius 2 is 2.16 bits per heavy atom. The van der Waals surface area contributed by atoms with Crippen molar-refractivity contribution in [3.63, 3.8) is 0 Å². The van der Waals surface area contributed by atoms with Gasteiger partial charge in [0.05, 0.1) is 22.2 Å². The number of halogens is 1. The van der Waals surface area contributed by atoms with Crippen LogP contribution >= 0.6 is 15.9 Å². The molecule has 1 aromatic heterocycles. The van der Waals surface area contributed by atoms with E-state index in [1.165, 1.54) is 4.57 Å². The summed E-state index contributed by atoms with van der Waals surface area (Å²) < 4.78 is 1.79. The minimum Gasteiger partial charge on any atom is -0.389 e. The molecule has 1 heterocycles. The van der Waals surface area contributed by atoms with Crippen LogP contribution in [0.5, 0.6) is 0 Å². The largest absolute Gasteiger partial charge is 0.389 e. The van der Waals surface area contributed by atoms with Crippen molar-refractivity contribution in [1.82, 2.24) is 4.57 Å². The van der Waals surface area contributed by atoms with E-state index in [2.05, 4.69) is 21.2 Å². The average molecular weight is 329 g/mol. The van der Waals surface area contributed by atoms with Gasteiger partial charge in [0.1, 0.15) is 0 Å². The van der Waals surface area contributed by atoms with E-state index in [-0.39, 0.29) is 17.9 Å². The van der Waals surface area contributed by atoms with E-state index in [1.54, 1.807) is 19.3 Å². The molecule has 1 amide bonds. The van der Waals surface area contributed by atoms with E-state index in [0.29, 0.717) is 23.0 Å². The van der Waals surface area contributed by atoms with Crippen LogP contribution in [0.15, 0.2) is 21.5 Å². The second-order valence-electron chi connectivity index (χ2n) is 5.15. The number of carbonyl (C=O) groups is 1. The van der Waals surface area contributed by atoms with Crippen LogP contribution in [0.4, 0.5) is 5.69 Å². The van der Waals surface area contributed by atoms with Crippen molar-refractivity contribution in [1.29, 1.82) is 0 Å². The zero-order chi connectivity index (χ0) is 14.0. The fraction of sp³-hybridized carbons (Fsp3) is 0.538. The number of anilines is 1. The quantitative estimate of drug-likeness (QED) is 0.888. The molecule has 2 rings (SSSR count). The predicted molar refractivity (Wildman–Crippen MR) is 76.0 cm³/mol. The number of aryl methyl sites for hydroxylation is 1. The van der Waals surface area contributed by atoms with E-state index in [4.69, 9.17) is 0 Å². The van der Waals surface area contributed by atoms with E-state index < -0.39 is 5.60 Å². The number of amides is 1. The molecule has 2 N–H and O–H groups in total. The Labute approximate surface area is 119 Å². The minimum absolute atomic E-state index is 0.105. The molecule has 1 saturated carbocycles. The number of aromatic nitrogens is 1. The summed E-state index contributed by atoms with van der Waals surface area (Å²) >= 11 is 3.15. The topological polar surface area (TPSA) is 71.3 Å². The Hall–Kier alpha value is -1.14. The summed E-state index contributed by atoms with van der Waals surface area (Å²) in [5, 5.41) is 12.9. The summed E-state index contributed by atoms with van der Waals surface area (Å²) in [4.78, 5) is 23.4. The van der Waals surface area contributed by atoms with Crippen molar-refractivity contribution in [3.8, 4) is 0 Å². The van der Waals surface area contributed by atoms with Gasteiger partial charge in [0, 0.05) is 13.2 Å². The standard InChI is InChI=1S/C13H17BrN2O3/c1-16-8-9(6-10(14)12(16)18)15-11(17)7-13(19)4-2-3-5-13/h6,8,19H,2-5,7H2,1H3,(H,15,17). The van der Waals surface area contributed by atoms with E-state index in [1.807, 2.05) is 0 Å². The molecule has 104 valence electrons. The molecule has 0 spiro atoms. The Bertz CT molecular complexity index is 521. The van der Waals surface area contributed by atoms with Crippen molar-refractivity contribution < 1.29 is 9.90 Å². The highest BCUT2D eigenvalue weighted by molar-refractivity contribution is 9.10. The molecule has 0 bridgehead atoms. The Morgan fingerprint density at radius 3 is 2.74 bits per heavy atom. The molecule has 19 heavy (non-hydrogen) atoms. The van der Waals surface area contributed by atoms with Crippen LogP contribution in [-0.4, -0.2) is 21.2 Å². The molecule has 0 saturated heterocycles. The van der Waals surface area contributed by atoms with Crippen molar-refractivity contribution >= 4 is 27.5 Å². The fourth-order valence-corrected chi connectivity index (χ4v) is 2.98. The Kier molecular flexibility index (Phi) is 4.10. The Balaban J connectivity index is 2.05. The maximum Gasteiger partial charge on any atom is 0.264 e. The van der Waals surface area contributed by atoms with Gasteiger partial charge in [0.25, 0.3) is 5.56 Å². The summed E-state index contributed by atoms with van der Waals surface area (Å²) in [5.41, 5.74) is -0.477. The fourth-order valence-electron chi connectivity index (χ4n) is 2.45. The molecule has 1 aromatic rings. The lowest BCUT2D eigenvalue weighted by Gasteiger charge is -2.21. The third kappa shape index (κ3) is 3.45. The highest BCUT2D eigenvalue weighted by Crippen LogP contribution is 2.32. The number of hydrogen-bond donors (Lipinski definition) is 2. The smallest absolute Gasteiger partial charge is 0.264 e. The van der Waals surface area contributed by atoms with Gasteiger partial charge in [-0.3, -0.25) is 9.59 Å². The van der Waals surface area contributed by atoms with Crippen LogP contribution in [0.1, 0.15) is 32.1 Å². The monoisotopic (exact) mass is 328 g/mol. The first kappa shape index (κ1) is 14.3. The van der Waals surface area contributed by atoms with Gasteiger partial charge in [-0.2, -0.15) is 0 Å². The molecule has 0 aromatic carbocycles. The molecule has 1 aliphatic carbocycles. The van der Waals surface area contributed by atoms with Gasteiger partial charge in [0.2, 0.25) is 5.91 Å². The molecule has 0 atom stereocenters. The first-order valence-electron chi connectivity index (χ1n) is 6.28. The van der Waals surface area contributed by atoms with Gasteiger partial charge >= 0.3 is 0 Å². The SMILES string of the molecule is Cn1cc(NC(=O)CC2(O)CCCC2)cc(Br)c1=O. The summed E-state index contributed by atoms with van der Waals surface area (Å²) in [7, 11) is 1.62. The molecule has 1 fully saturated rings. The molecule has 6 heteroatoms. The van der Waals surface area contributed by atoms with Gasteiger partial charge < -0.3 is 15.0 Å². The summed E-state index contributed by atoms with van der Waals surface area (Å²) in [6, 6.07) is 1.57. The van der Waals surface area contributed by atoms with Crippen LogP contribution in [-0.2, 0) is 11.8 Å². The van der Waals surface area contributed by atoms with Gasteiger partial charge in [-0.15, -0.1) is 0 Å². The number of carbonyl (C=O) groups excluding carboxylic acids is 1. The third-order valence-electron chi connectivity index (χ3n) is 3.45. The normalized spacial score (nSPS) is 17.4. The number of rotatable bonds is 3. The molecular formula is C13H17BrN2O3. The zero-order valence-corrected chi connectivity index (χ0v) is 12.4. The number of aliphatic hydroxyl groups is 1. The number of hydrogen-bond acceptors (Lipinski definition) is 3. The maximum atomic E-state index is 11.9. The first-order valence-corrected chi connectivity index (χ1v) is 7.07. The van der Waals surface area contributed by atoms with Crippen LogP contribution in [0.2, 0.25) is 0 Å². The van der Waals surface area contributed by atoms with Crippen molar-refractivity contribution in [2.45, 2.75) is 37.7 Å². The van der Waals surface area contributed by atoms with Gasteiger partial charge in [-0.25, -0.2) is 0 Å². The molecule has 5 nitrogen and oxygen atoms in total. The summed E-state index contributed by atoms with van der Waals surface area (Å²) in [6.07, 6.45) is 4.95. The summed E-state index contributed by atoms with van der Waals surface area (Å²) in [6.45, 7) is 0. The number of pyridine rings is 1. The second kappa shape index (κ2) is 5.46. The molecule has 1 aliphatic rings. The number of nitrogens with zero attached hydrogens (tertiary/aromatic N) is 1. The van der Waals surface area contributed by atoms with Crippen LogP contribution < -0.4 is 10.9 Å². The van der Waals surface area contributed by atoms with Gasteiger partial charge in [-0.05, 0) is 34.8 Å². The van der Waals surface area contributed by atoms with E-state index in [0.717, 1.165) is 12.8 Å². The lowest BCUT2D eigenvalue weighted by molar-refractivity contribution is -0.120. The van der Waals surface area contributed by atoms with Gasteiger partial charge in [0.15, 0.2) is 0 Å². The highest BCUT2D eigenvalue weighted by atomic mass is 79.9. The minimum atomic E-state index is -0.859. The van der Waals surface area contributed by atoms with Crippen molar-refractivity contribution in [2.75, 3.05) is 5.32 Å². The Morgan fingerprint density at radius 1 is 1.53 bits per heavy atom. The maximum absolute atomic E-state index is 11.9. The van der Waals surface area contributed by atoms with E-state index >= 15 is 0 Å². The number of nitrogens with one attached hydrogen (secondary N) is 1. The summed E-state index contributed by atoms with van der Waals surface area (Å²) in [5.74, 6) is -0.227. The highest BCUT2D eigenvalue weighted by Gasteiger charge is 2.33. The predicted octanol–water partition coefficient (Wildman–Crippen LogP) is 1.78. The molecule has 0 aliphatic heterocycles. The lowest BCUT2D eigenvalue weighted by atomic mass is 9.98. The van der Waals surface area contributed by atoms with Gasteiger partial charge in [-0.1, -0.05) is 12.8 Å². The molecular weight excluding hydrogens is 312 g/mol. The lowest BCUT2D eigenvalue weighted by Crippen LogP contribution is -2.31. The third-order valence-corrected chi connectivity index (χ3v) is 4.02. The van der Waals surface area contributed by atoms with Crippen LogP contribution in [0.25, 0.3) is 0 Å². The molecule has 0 radical (unpaired) electrons. The molecule has 0 unspecified atom stereocenters. The zero-order valence-electron chi connectivity index (χ0n) is 10.8. The van der Waals surface area contributed by atoms with Crippen molar-refractivity contribution in [2.24, 2.45) is 7.05 Å².